The number of rotatable bonds is 8. The van der Waals surface area contributed by atoms with Gasteiger partial charge in [0.05, 0.1) is 11.3 Å². The van der Waals surface area contributed by atoms with Crippen molar-refractivity contribution in [3.8, 4) is 0 Å². The molecule has 0 saturated carbocycles. The number of esters is 1. The first-order chi connectivity index (χ1) is 14.1. The largest absolute Gasteiger partial charge is 0.447 e. The summed E-state index contributed by atoms with van der Waals surface area (Å²) < 4.78 is 5.88. The molecule has 0 fully saturated rings. The molecule has 1 heterocycles. The van der Waals surface area contributed by atoms with Crippen molar-refractivity contribution in [2.24, 2.45) is 0 Å². The predicted molar refractivity (Wildman–Crippen MR) is 116 cm³/mol. The second-order valence-electron chi connectivity index (χ2n) is 7.30. The van der Waals surface area contributed by atoms with Gasteiger partial charge in [-0.05, 0) is 55.8 Å². The van der Waals surface area contributed by atoms with Gasteiger partial charge in [-0.15, -0.1) is 0 Å². The Labute approximate surface area is 173 Å². The van der Waals surface area contributed by atoms with Gasteiger partial charge in [0.2, 0.25) is 0 Å². The molecule has 150 valence electrons. The van der Waals surface area contributed by atoms with Crippen LogP contribution in [0.5, 0.6) is 0 Å². The van der Waals surface area contributed by atoms with Gasteiger partial charge in [-0.1, -0.05) is 55.5 Å². The third kappa shape index (κ3) is 5.52. The summed E-state index contributed by atoms with van der Waals surface area (Å²) in [5.74, 6) is -0.354. The standard InChI is InChI=1S/C25H28N2O2/c1-4-27(19(2)3)18-20-13-15-22(16-14-20)25(28)29-24(21-10-6-5-7-11-21)23-12-8-9-17-26-23/h5-17,19,24H,4,18H2,1-3H3. The quantitative estimate of drug-likeness (QED) is 0.494. The van der Waals surface area contributed by atoms with Crippen LogP contribution in [0.25, 0.3) is 0 Å². The van der Waals surface area contributed by atoms with Crippen molar-refractivity contribution in [3.63, 3.8) is 0 Å². The van der Waals surface area contributed by atoms with Crippen LogP contribution in [0.2, 0.25) is 0 Å². The van der Waals surface area contributed by atoms with Gasteiger partial charge >= 0.3 is 5.97 Å². The molecule has 29 heavy (non-hydrogen) atoms. The van der Waals surface area contributed by atoms with E-state index in [1.165, 1.54) is 5.56 Å². The van der Waals surface area contributed by atoms with Crippen LogP contribution in [0.1, 0.15) is 54.1 Å². The smallest absolute Gasteiger partial charge is 0.339 e. The lowest BCUT2D eigenvalue weighted by Gasteiger charge is -2.24. The number of pyridine rings is 1. The second-order valence-corrected chi connectivity index (χ2v) is 7.30. The van der Waals surface area contributed by atoms with Gasteiger partial charge in [0.25, 0.3) is 0 Å². The van der Waals surface area contributed by atoms with Crippen molar-refractivity contribution in [1.82, 2.24) is 9.88 Å². The molecule has 0 aliphatic carbocycles. The van der Waals surface area contributed by atoms with E-state index in [4.69, 9.17) is 4.74 Å². The molecule has 1 unspecified atom stereocenters. The van der Waals surface area contributed by atoms with E-state index in [-0.39, 0.29) is 5.97 Å². The molecule has 4 heteroatoms. The van der Waals surface area contributed by atoms with Crippen LogP contribution in [0.3, 0.4) is 0 Å². The highest BCUT2D eigenvalue weighted by atomic mass is 16.5. The van der Waals surface area contributed by atoms with Crippen molar-refractivity contribution in [1.29, 1.82) is 0 Å². The molecule has 4 nitrogen and oxygen atoms in total. The van der Waals surface area contributed by atoms with Crippen LogP contribution in [0.15, 0.2) is 79.0 Å². The molecule has 0 N–H and O–H groups in total. The lowest BCUT2D eigenvalue weighted by atomic mass is 10.1. The number of carbonyl (C=O) groups is 1. The third-order valence-corrected chi connectivity index (χ3v) is 5.00. The Kier molecular flexibility index (Phi) is 7.14. The van der Waals surface area contributed by atoms with Crippen LogP contribution in [0, 0.1) is 0 Å². The summed E-state index contributed by atoms with van der Waals surface area (Å²) in [6.07, 6.45) is 1.17. The Morgan fingerprint density at radius 1 is 0.966 bits per heavy atom. The van der Waals surface area contributed by atoms with E-state index in [0.717, 1.165) is 18.7 Å². The third-order valence-electron chi connectivity index (χ3n) is 5.00. The number of benzene rings is 2. The Morgan fingerprint density at radius 3 is 2.24 bits per heavy atom. The Bertz CT molecular complexity index is 854. The first kappa shape index (κ1) is 20.7. The fraction of sp³-hybridized carbons (Fsp3) is 0.280. The van der Waals surface area contributed by atoms with Gasteiger partial charge in [0.1, 0.15) is 0 Å². The van der Waals surface area contributed by atoms with E-state index in [1.54, 1.807) is 6.20 Å². The number of aromatic nitrogens is 1. The maximum Gasteiger partial charge on any atom is 0.339 e. The highest BCUT2D eigenvalue weighted by molar-refractivity contribution is 5.89. The Hall–Kier alpha value is -2.98. The van der Waals surface area contributed by atoms with E-state index in [2.05, 4.69) is 30.7 Å². The van der Waals surface area contributed by atoms with E-state index in [0.29, 0.717) is 17.3 Å². The fourth-order valence-electron chi connectivity index (χ4n) is 3.27. The van der Waals surface area contributed by atoms with E-state index < -0.39 is 6.10 Å². The molecule has 2 aromatic carbocycles. The molecular formula is C25H28N2O2. The summed E-state index contributed by atoms with van der Waals surface area (Å²) in [7, 11) is 0. The number of carbonyl (C=O) groups excluding carboxylic acids is 1. The van der Waals surface area contributed by atoms with Crippen molar-refractivity contribution < 1.29 is 9.53 Å². The molecule has 0 saturated heterocycles. The van der Waals surface area contributed by atoms with E-state index in [1.807, 2.05) is 72.8 Å². The molecule has 1 aromatic heterocycles. The van der Waals surface area contributed by atoms with Crippen LogP contribution >= 0.6 is 0 Å². The van der Waals surface area contributed by atoms with Crippen LogP contribution in [0.4, 0.5) is 0 Å². The zero-order chi connectivity index (χ0) is 20.6. The fourth-order valence-corrected chi connectivity index (χ4v) is 3.27. The number of hydrogen-bond acceptors (Lipinski definition) is 4. The van der Waals surface area contributed by atoms with Crippen molar-refractivity contribution in [2.45, 2.75) is 39.5 Å². The van der Waals surface area contributed by atoms with Crippen LogP contribution in [-0.4, -0.2) is 28.4 Å². The molecule has 1 atom stereocenters. The summed E-state index contributed by atoms with van der Waals surface area (Å²) in [5.41, 5.74) is 3.32. The molecule has 0 spiro atoms. The number of nitrogens with zero attached hydrogens (tertiary/aromatic N) is 2. The monoisotopic (exact) mass is 388 g/mol. The molecule has 0 amide bonds. The predicted octanol–water partition coefficient (Wildman–Crippen LogP) is 5.26. The lowest BCUT2D eigenvalue weighted by Crippen LogP contribution is -2.29. The molecule has 0 radical (unpaired) electrons. The first-order valence-corrected chi connectivity index (χ1v) is 10.1. The Morgan fingerprint density at radius 2 is 1.66 bits per heavy atom. The molecule has 0 bridgehead atoms. The van der Waals surface area contributed by atoms with Crippen molar-refractivity contribution in [2.75, 3.05) is 6.54 Å². The van der Waals surface area contributed by atoms with Gasteiger partial charge in [-0.25, -0.2) is 4.79 Å². The molecular weight excluding hydrogens is 360 g/mol. The molecule has 3 rings (SSSR count). The highest BCUT2D eigenvalue weighted by Crippen LogP contribution is 2.25. The van der Waals surface area contributed by atoms with Crippen molar-refractivity contribution in [3.05, 3.63) is 101 Å². The Balaban J connectivity index is 1.76. The average molecular weight is 389 g/mol. The minimum atomic E-state index is -0.541. The topological polar surface area (TPSA) is 42.4 Å². The van der Waals surface area contributed by atoms with Gasteiger partial charge in [0.15, 0.2) is 6.10 Å². The first-order valence-electron chi connectivity index (χ1n) is 10.1. The summed E-state index contributed by atoms with van der Waals surface area (Å²) in [5, 5.41) is 0. The molecule has 0 aliphatic heterocycles. The van der Waals surface area contributed by atoms with Gasteiger partial charge in [-0.2, -0.15) is 0 Å². The van der Waals surface area contributed by atoms with Crippen molar-refractivity contribution >= 4 is 5.97 Å². The van der Waals surface area contributed by atoms with Gasteiger partial charge in [-0.3, -0.25) is 9.88 Å². The number of hydrogen-bond donors (Lipinski definition) is 0. The zero-order valence-electron chi connectivity index (χ0n) is 17.3. The second kappa shape index (κ2) is 9.99. The minimum absolute atomic E-state index is 0.354. The van der Waals surface area contributed by atoms with E-state index in [9.17, 15) is 4.79 Å². The zero-order valence-corrected chi connectivity index (χ0v) is 17.3. The van der Waals surface area contributed by atoms with E-state index >= 15 is 0 Å². The summed E-state index contributed by atoms with van der Waals surface area (Å²) in [4.78, 5) is 19.6. The van der Waals surface area contributed by atoms with Gasteiger partial charge in [0, 0.05) is 18.8 Å². The van der Waals surface area contributed by atoms with Crippen LogP contribution in [-0.2, 0) is 11.3 Å². The molecule has 3 aromatic rings. The highest BCUT2D eigenvalue weighted by Gasteiger charge is 2.21. The molecule has 0 aliphatic rings. The van der Waals surface area contributed by atoms with Gasteiger partial charge < -0.3 is 4.74 Å². The number of ether oxygens (including phenoxy) is 1. The minimum Gasteiger partial charge on any atom is -0.447 e. The lowest BCUT2D eigenvalue weighted by molar-refractivity contribution is 0.0370. The normalized spacial score (nSPS) is 12.2. The summed E-state index contributed by atoms with van der Waals surface area (Å²) >= 11 is 0. The SMILES string of the molecule is CCN(Cc1ccc(C(=O)OC(c2ccccc2)c2ccccn2)cc1)C(C)C. The average Bonchev–Trinajstić information content (AvgIpc) is 2.77. The summed E-state index contributed by atoms with van der Waals surface area (Å²) in [6.45, 7) is 8.40. The summed E-state index contributed by atoms with van der Waals surface area (Å²) in [6, 6.07) is 23.5. The van der Waals surface area contributed by atoms with Crippen LogP contribution < -0.4 is 0 Å². The maximum atomic E-state index is 12.8. The maximum absolute atomic E-state index is 12.8.